The Hall–Kier alpha value is -3.47. The van der Waals surface area contributed by atoms with Crippen molar-refractivity contribution in [2.45, 2.75) is 39.9 Å². The van der Waals surface area contributed by atoms with Crippen LogP contribution in [0.2, 0.25) is 0 Å². The zero-order chi connectivity index (χ0) is 29.6. The quantitative estimate of drug-likeness (QED) is 0.239. The Labute approximate surface area is 242 Å². The van der Waals surface area contributed by atoms with Gasteiger partial charge in [-0.25, -0.2) is 4.98 Å². The molecule has 3 heterocycles. The number of hydrogen-bond donors (Lipinski definition) is 2. The molecule has 0 amide bonds. The Morgan fingerprint density at radius 3 is 2.41 bits per heavy atom. The summed E-state index contributed by atoms with van der Waals surface area (Å²) in [6, 6.07) is 15.4. The van der Waals surface area contributed by atoms with Crippen molar-refractivity contribution in [3.63, 3.8) is 0 Å². The summed E-state index contributed by atoms with van der Waals surface area (Å²) in [6.45, 7) is 14.9. The van der Waals surface area contributed by atoms with E-state index >= 15 is 0 Å². The summed E-state index contributed by atoms with van der Waals surface area (Å²) in [5.41, 5.74) is 3.32. The normalized spacial score (nSPS) is 14.5. The lowest BCUT2D eigenvalue weighted by atomic mass is 10.0. The van der Waals surface area contributed by atoms with E-state index in [0.717, 1.165) is 61.3 Å². The Morgan fingerprint density at radius 2 is 1.73 bits per heavy atom. The van der Waals surface area contributed by atoms with E-state index in [-0.39, 0.29) is 17.0 Å². The monoisotopic (exact) mass is 583 g/mol. The predicted molar refractivity (Wildman–Crippen MR) is 163 cm³/mol. The number of nitrogens with zero attached hydrogens (tertiary/aromatic N) is 3. The molecule has 1 aliphatic rings. The van der Waals surface area contributed by atoms with Crippen molar-refractivity contribution in [1.29, 1.82) is 0 Å². The molecule has 0 atom stereocenters. The summed E-state index contributed by atoms with van der Waals surface area (Å²) in [5, 5.41) is 3.05. The lowest BCUT2D eigenvalue weighted by Gasteiger charge is -2.34. The SMILES string of the molecule is C=C(Nc1ccc(CN2CCN(CC)CC2)c(C(F)(F)F)c1)c1cccc(-c2ccc3[nH]c(=O)sc3n2)c1.CCC. The highest BCUT2D eigenvalue weighted by atomic mass is 32.1. The van der Waals surface area contributed by atoms with Crippen LogP contribution in [0.5, 0.6) is 0 Å². The van der Waals surface area contributed by atoms with Gasteiger partial charge in [0, 0.05) is 49.7 Å². The highest BCUT2D eigenvalue weighted by molar-refractivity contribution is 7.15. The summed E-state index contributed by atoms with van der Waals surface area (Å²) < 4.78 is 42.0. The second-order valence-electron chi connectivity index (χ2n) is 10.0. The number of halogens is 3. The lowest BCUT2D eigenvalue weighted by molar-refractivity contribution is -0.138. The smallest absolute Gasteiger partial charge is 0.356 e. The molecule has 41 heavy (non-hydrogen) atoms. The predicted octanol–water partition coefficient (Wildman–Crippen LogP) is 7.31. The molecule has 1 saturated heterocycles. The average molecular weight is 584 g/mol. The third-order valence-electron chi connectivity index (χ3n) is 6.81. The number of alkyl halides is 3. The van der Waals surface area contributed by atoms with E-state index in [9.17, 15) is 18.0 Å². The van der Waals surface area contributed by atoms with Crippen LogP contribution in [-0.2, 0) is 12.7 Å². The van der Waals surface area contributed by atoms with Crippen molar-refractivity contribution >= 4 is 33.1 Å². The number of H-pyrrole nitrogens is 1. The molecule has 218 valence electrons. The third-order valence-corrected chi connectivity index (χ3v) is 7.60. The third kappa shape index (κ3) is 7.84. The van der Waals surface area contributed by atoms with E-state index in [4.69, 9.17) is 0 Å². The Kier molecular flexibility index (Phi) is 10.0. The number of nitrogens with one attached hydrogen (secondary N) is 2. The Balaban J connectivity index is 0.00000124. The van der Waals surface area contributed by atoms with Gasteiger partial charge in [-0.2, -0.15) is 13.2 Å². The Bertz CT molecular complexity index is 1540. The first-order valence-corrected chi connectivity index (χ1v) is 14.6. The molecular formula is C31H36F3N5OS. The minimum absolute atomic E-state index is 0.167. The van der Waals surface area contributed by atoms with Crippen LogP contribution < -0.4 is 10.2 Å². The van der Waals surface area contributed by atoms with Gasteiger partial charge in [0.1, 0.15) is 4.83 Å². The maximum Gasteiger partial charge on any atom is 0.416 e. The molecular weight excluding hydrogens is 547 g/mol. The molecule has 2 aromatic carbocycles. The van der Waals surface area contributed by atoms with Gasteiger partial charge >= 0.3 is 11.0 Å². The van der Waals surface area contributed by atoms with E-state index < -0.39 is 11.7 Å². The van der Waals surface area contributed by atoms with Crippen LogP contribution in [0.4, 0.5) is 18.9 Å². The Morgan fingerprint density at radius 1 is 1.02 bits per heavy atom. The molecule has 0 bridgehead atoms. The number of aromatic nitrogens is 2. The van der Waals surface area contributed by atoms with Crippen molar-refractivity contribution in [3.05, 3.63) is 87.5 Å². The summed E-state index contributed by atoms with van der Waals surface area (Å²) in [6.07, 6.45) is -3.22. The fourth-order valence-corrected chi connectivity index (χ4v) is 5.38. The van der Waals surface area contributed by atoms with Crippen LogP contribution in [0.3, 0.4) is 0 Å². The molecule has 6 nitrogen and oxygen atoms in total. The first-order valence-electron chi connectivity index (χ1n) is 13.8. The number of piperazine rings is 1. The number of thiazole rings is 1. The molecule has 10 heteroatoms. The highest BCUT2D eigenvalue weighted by Gasteiger charge is 2.34. The van der Waals surface area contributed by atoms with E-state index in [1.165, 1.54) is 6.42 Å². The van der Waals surface area contributed by atoms with Crippen LogP contribution in [0.25, 0.3) is 27.3 Å². The van der Waals surface area contributed by atoms with Crippen molar-refractivity contribution in [3.8, 4) is 11.3 Å². The number of rotatable bonds is 7. The van der Waals surface area contributed by atoms with Gasteiger partial charge in [0.15, 0.2) is 0 Å². The first kappa shape index (κ1) is 30.5. The van der Waals surface area contributed by atoms with Gasteiger partial charge in [0.2, 0.25) is 0 Å². The molecule has 0 radical (unpaired) electrons. The molecule has 4 aromatic rings. The van der Waals surface area contributed by atoms with Crippen LogP contribution in [0, 0.1) is 0 Å². The fourth-order valence-electron chi connectivity index (χ4n) is 4.67. The van der Waals surface area contributed by atoms with Gasteiger partial charge in [-0.05, 0) is 48.0 Å². The zero-order valence-corrected chi connectivity index (χ0v) is 24.5. The molecule has 1 fully saturated rings. The zero-order valence-electron chi connectivity index (χ0n) is 23.6. The van der Waals surface area contributed by atoms with Gasteiger partial charge in [-0.3, -0.25) is 9.69 Å². The summed E-state index contributed by atoms with van der Waals surface area (Å²) in [4.78, 5) is 23.7. The van der Waals surface area contributed by atoms with Gasteiger partial charge < -0.3 is 15.2 Å². The van der Waals surface area contributed by atoms with Crippen molar-refractivity contribution in [2.75, 3.05) is 38.0 Å². The minimum Gasteiger partial charge on any atom is -0.356 e. The van der Waals surface area contributed by atoms with Gasteiger partial charge in [0.25, 0.3) is 0 Å². The minimum atomic E-state index is -4.47. The van der Waals surface area contributed by atoms with E-state index in [1.807, 2.05) is 30.3 Å². The molecule has 0 aliphatic carbocycles. The molecule has 0 spiro atoms. The second kappa shape index (κ2) is 13.5. The van der Waals surface area contributed by atoms with E-state index in [1.54, 1.807) is 18.2 Å². The highest BCUT2D eigenvalue weighted by Crippen LogP contribution is 2.35. The number of likely N-dealkylation sites (N-methyl/N-ethyl adjacent to an activating group) is 1. The van der Waals surface area contributed by atoms with Gasteiger partial charge in [-0.15, -0.1) is 0 Å². The van der Waals surface area contributed by atoms with Crippen LogP contribution >= 0.6 is 11.3 Å². The lowest BCUT2D eigenvalue weighted by Crippen LogP contribution is -2.45. The van der Waals surface area contributed by atoms with E-state index in [2.05, 4.69) is 52.4 Å². The van der Waals surface area contributed by atoms with Crippen molar-refractivity contribution in [1.82, 2.24) is 19.8 Å². The largest absolute Gasteiger partial charge is 0.416 e. The van der Waals surface area contributed by atoms with Crippen LogP contribution in [-0.4, -0.2) is 52.5 Å². The molecule has 2 N–H and O–H groups in total. The molecule has 1 aliphatic heterocycles. The van der Waals surface area contributed by atoms with Crippen molar-refractivity contribution < 1.29 is 13.2 Å². The molecule has 2 aromatic heterocycles. The van der Waals surface area contributed by atoms with Gasteiger partial charge in [-0.1, -0.05) is 69.4 Å². The number of aromatic amines is 1. The summed E-state index contributed by atoms with van der Waals surface area (Å²) in [7, 11) is 0. The maximum atomic E-state index is 14.0. The van der Waals surface area contributed by atoms with Gasteiger partial charge in [0.05, 0.1) is 16.8 Å². The molecule has 0 unspecified atom stereocenters. The number of pyridine rings is 1. The number of benzene rings is 2. The number of hydrogen-bond acceptors (Lipinski definition) is 6. The number of anilines is 1. The average Bonchev–Trinajstić information content (AvgIpc) is 3.33. The second-order valence-corrected chi connectivity index (χ2v) is 11.0. The fraction of sp³-hybridized carbons (Fsp3) is 0.355. The molecule has 0 saturated carbocycles. The van der Waals surface area contributed by atoms with Crippen LogP contribution in [0.15, 0.2) is 66.0 Å². The number of fused-ring (bicyclic) bond motifs is 1. The maximum absolute atomic E-state index is 14.0. The topological polar surface area (TPSA) is 64.3 Å². The molecule has 5 rings (SSSR count). The van der Waals surface area contributed by atoms with Crippen LogP contribution in [0.1, 0.15) is 43.9 Å². The summed E-state index contributed by atoms with van der Waals surface area (Å²) >= 11 is 1.04. The summed E-state index contributed by atoms with van der Waals surface area (Å²) in [5.74, 6) is 0. The van der Waals surface area contributed by atoms with E-state index in [0.29, 0.717) is 27.4 Å². The standard InChI is InChI=1S/C28H28F3N5OS.C3H8/c1-3-35-11-13-36(14-12-35)17-21-7-8-22(16-23(21)28(29,30)31)32-18(2)19-5-4-6-20(15-19)24-9-10-25-26(33-24)38-27(37)34-25;1-3-2/h4-10,15-16,32H,2-3,11-14,17H2,1H3,(H,34,37);3H2,1-2H3. The first-order chi connectivity index (χ1) is 19.6. The van der Waals surface area contributed by atoms with Crippen molar-refractivity contribution in [2.24, 2.45) is 0 Å².